The van der Waals surface area contributed by atoms with Crippen LogP contribution in [0, 0.1) is 17.8 Å². The maximum atomic E-state index is 12.9. The number of benzene rings is 1. The summed E-state index contributed by atoms with van der Waals surface area (Å²) in [7, 11) is 0. The zero-order chi connectivity index (χ0) is 14.4. The van der Waals surface area contributed by atoms with Crippen LogP contribution in [0.5, 0.6) is 0 Å². The van der Waals surface area contributed by atoms with Gasteiger partial charge in [-0.1, -0.05) is 25.0 Å². The Bertz CT molecular complexity index is 540. The van der Waals surface area contributed by atoms with Gasteiger partial charge >= 0.3 is 0 Å². The minimum absolute atomic E-state index is 0.342. The second-order valence-electron chi connectivity index (χ2n) is 7.08. The van der Waals surface area contributed by atoms with Crippen LogP contribution in [-0.2, 0) is 11.3 Å². The summed E-state index contributed by atoms with van der Waals surface area (Å²) in [6.07, 6.45) is 7.55. The van der Waals surface area contributed by atoms with Gasteiger partial charge in [-0.25, -0.2) is 0 Å². The molecule has 0 heterocycles. The molecule has 21 heavy (non-hydrogen) atoms. The molecule has 1 aromatic rings. The lowest BCUT2D eigenvalue weighted by Gasteiger charge is -2.23. The molecule has 2 unspecified atom stereocenters. The molecule has 3 aliphatic carbocycles. The van der Waals surface area contributed by atoms with E-state index in [-0.39, 0.29) is 0 Å². The van der Waals surface area contributed by atoms with Crippen molar-refractivity contribution in [2.45, 2.75) is 51.1 Å². The van der Waals surface area contributed by atoms with Gasteiger partial charge in [0, 0.05) is 24.2 Å². The highest BCUT2D eigenvalue weighted by Crippen LogP contribution is 2.56. The number of rotatable bonds is 4. The molecule has 1 amide bonds. The van der Waals surface area contributed by atoms with Crippen LogP contribution in [0.25, 0.3) is 0 Å². The van der Waals surface area contributed by atoms with E-state index in [1.807, 2.05) is 18.2 Å². The number of fused-ring (bicyclic) bond motifs is 1. The molecule has 3 aliphatic rings. The van der Waals surface area contributed by atoms with E-state index in [1.165, 1.54) is 44.1 Å². The summed E-state index contributed by atoms with van der Waals surface area (Å²) in [5.74, 6) is 2.17. The Labute approximate surface area is 126 Å². The largest absolute Gasteiger partial charge is 0.399 e. The first-order valence-corrected chi connectivity index (χ1v) is 8.39. The van der Waals surface area contributed by atoms with Gasteiger partial charge in [0.15, 0.2) is 0 Å². The van der Waals surface area contributed by atoms with Gasteiger partial charge in [-0.2, -0.15) is 0 Å². The SMILES string of the molecule is Nc1cccc(CN(C(=O)C2C3CCCCC32)C2CC2)c1. The van der Waals surface area contributed by atoms with Crippen LogP contribution in [0.2, 0.25) is 0 Å². The van der Waals surface area contributed by atoms with Crippen LogP contribution < -0.4 is 5.73 Å². The Morgan fingerprint density at radius 2 is 1.86 bits per heavy atom. The number of amides is 1. The molecule has 3 fully saturated rings. The molecule has 3 nitrogen and oxygen atoms in total. The van der Waals surface area contributed by atoms with Gasteiger partial charge in [0.1, 0.15) is 0 Å². The second kappa shape index (κ2) is 5.04. The molecule has 1 aromatic carbocycles. The topological polar surface area (TPSA) is 46.3 Å². The van der Waals surface area contributed by atoms with Crippen LogP contribution in [0.4, 0.5) is 5.69 Å². The lowest BCUT2D eigenvalue weighted by molar-refractivity contribution is -0.134. The third kappa shape index (κ3) is 2.54. The fourth-order valence-electron chi connectivity index (χ4n) is 4.21. The van der Waals surface area contributed by atoms with E-state index in [0.717, 1.165) is 12.2 Å². The highest BCUT2D eigenvalue weighted by molar-refractivity contribution is 5.83. The van der Waals surface area contributed by atoms with Crippen LogP contribution in [0.1, 0.15) is 44.1 Å². The number of nitrogens with zero attached hydrogens (tertiary/aromatic N) is 1. The van der Waals surface area contributed by atoms with E-state index in [0.29, 0.717) is 29.7 Å². The molecule has 0 bridgehead atoms. The first kappa shape index (κ1) is 13.2. The van der Waals surface area contributed by atoms with Crippen LogP contribution in [0.15, 0.2) is 24.3 Å². The zero-order valence-corrected chi connectivity index (χ0v) is 12.5. The fourth-order valence-corrected chi connectivity index (χ4v) is 4.21. The van der Waals surface area contributed by atoms with Gasteiger partial charge in [0.2, 0.25) is 5.91 Å². The predicted molar refractivity (Wildman–Crippen MR) is 83.4 cm³/mol. The average molecular weight is 284 g/mol. The lowest BCUT2D eigenvalue weighted by atomic mass is 10.0. The minimum atomic E-state index is 0.342. The van der Waals surface area contributed by atoms with E-state index < -0.39 is 0 Å². The quantitative estimate of drug-likeness (QED) is 0.863. The molecule has 0 saturated heterocycles. The number of nitrogen functional groups attached to an aromatic ring is 1. The van der Waals surface area contributed by atoms with Crippen LogP contribution in [-0.4, -0.2) is 16.8 Å². The smallest absolute Gasteiger partial charge is 0.226 e. The summed E-state index contributed by atoms with van der Waals surface area (Å²) in [5.41, 5.74) is 7.82. The first-order valence-electron chi connectivity index (χ1n) is 8.39. The lowest BCUT2D eigenvalue weighted by Crippen LogP contribution is -2.34. The van der Waals surface area contributed by atoms with Gasteiger partial charge in [-0.3, -0.25) is 4.79 Å². The highest BCUT2D eigenvalue weighted by atomic mass is 16.2. The molecule has 3 heteroatoms. The van der Waals surface area contributed by atoms with Gasteiger partial charge < -0.3 is 10.6 Å². The Morgan fingerprint density at radius 1 is 1.14 bits per heavy atom. The number of carbonyl (C=O) groups is 1. The number of nitrogens with two attached hydrogens (primary N) is 1. The van der Waals surface area contributed by atoms with Crippen molar-refractivity contribution >= 4 is 11.6 Å². The van der Waals surface area contributed by atoms with Crippen LogP contribution in [0.3, 0.4) is 0 Å². The Kier molecular flexibility index (Phi) is 3.16. The molecule has 4 rings (SSSR count). The third-order valence-corrected chi connectivity index (χ3v) is 5.52. The van der Waals surface area contributed by atoms with Gasteiger partial charge in [0.25, 0.3) is 0 Å². The van der Waals surface area contributed by atoms with Crippen molar-refractivity contribution in [1.29, 1.82) is 0 Å². The molecule has 2 atom stereocenters. The monoisotopic (exact) mass is 284 g/mol. The molecular formula is C18H24N2O. The zero-order valence-electron chi connectivity index (χ0n) is 12.5. The van der Waals surface area contributed by atoms with E-state index in [1.54, 1.807) is 0 Å². The summed E-state index contributed by atoms with van der Waals surface area (Å²) in [5, 5.41) is 0. The molecule has 0 radical (unpaired) electrons. The maximum Gasteiger partial charge on any atom is 0.226 e. The molecule has 0 aromatic heterocycles. The molecule has 0 aliphatic heterocycles. The molecule has 112 valence electrons. The average Bonchev–Trinajstić information content (AvgIpc) is 3.37. The highest BCUT2D eigenvalue weighted by Gasteiger charge is 2.56. The van der Waals surface area contributed by atoms with Crippen molar-refractivity contribution in [1.82, 2.24) is 4.90 Å². The number of hydrogen-bond donors (Lipinski definition) is 1. The van der Waals surface area contributed by atoms with E-state index in [9.17, 15) is 4.79 Å². The number of hydrogen-bond acceptors (Lipinski definition) is 2. The summed E-state index contributed by atoms with van der Waals surface area (Å²) in [4.78, 5) is 15.1. The Morgan fingerprint density at radius 3 is 2.48 bits per heavy atom. The van der Waals surface area contributed by atoms with Crippen molar-refractivity contribution in [2.24, 2.45) is 17.8 Å². The van der Waals surface area contributed by atoms with Crippen molar-refractivity contribution in [3.63, 3.8) is 0 Å². The predicted octanol–water partition coefficient (Wildman–Crippen LogP) is 3.20. The summed E-state index contributed by atoms with van der Waals surface area (Å²) < 4.78 is 0. The second-order valence-corrected chi connectivity index (χ2v) is 7.08. The molecule has 2 N–H and O–H groups in total. The molecule has 3 saturated carbocycles. The number of carbonyl (C=O) groups excluding carboxylic acids is 1. The summed E-state index contributed by atoms with van der Waals surface area (Å²) in [6.45, 7) is 0.741. The van der Waals surface area contributed by atoms with Crippen molar-refractivity contribution in [2.75, 3.05) is 5.73 Å². The van der Waals surface area contributed by atoms with Crippen molar-refractivity contribution in [3.05, 3.63) is 29.8 Å². The van der Waals surface area contributed by atoms with Crippen molar-refractivity contribution in [3.8, 4) is 0 Å². The minimum Gasteiger partial charge on any atom is -0.399 e. The van der Waals surface area contributed by atoms with E-state index in [2.05, 4.69) is 11.0 Å². The van der Waals surface area contributed by atoms with Crippen LogP contribution >= 0.6 is 0 Å². The standard InChI is InChI=1S/C18H24N2O/c19-13-5-3-4-12(10-13)11-20(14-8-9-14)18(21)17-15-6-1-2-7-16(15)17/h3-5,10,14-17H,1-2,6-9,11,19H2. The Balaban J connectivity index is 1.48. The number of anilines is 1. The first-order chi connectivity index (χ1) is 10.2. The third-order valence-electron chi connectivity index (χ3n) is 5.52. The Hall–Kier alpha value is -1.51. The van der Waals surface area contributed by atoms with E-state index in [4.69, 9.17) is 5.73 Å². The van der Waals surface area contributed by atoms with Gasteiger partial charge in [0.05, 0.1) is 0 Å². The van der Waals surface area contributed by atoms with E-state index >= 15 is 0 Å². The molecule has 0 spiro atoms. The van der Waals surface area contributed by atoms with Gasteiger partial charge in [-0.15, -0.1) is 0 Å². The van der Waals surface area contributed by atoms with Gasteiger partial charge in [-0.05, 0) is 55.2 Å². The maximum absolute atomic E-state index is 12.9. The fraction of sp³-hybridized carbons (Fsp3) is 0.611. The summed E-state index contributed by atoms with van der Waals surface area (Å²) in [6, 6.07) is 8.46. The molecular weight excluding hydrogens is 260 g/mol. The van der Waals surface area contributed by atoms with Crippen molar-refractivity contribution < 1.29 is 4.79 Å². The normalized spacial score (nSPS) is 30.6. The summed E-state index contributed by atoms with van der Waals surface area (Å²) >= 11 is 0.